The molecule has 4 nitrogen and oxygen atoms in total. The van der Waals surface area contributed by atoms with Crippen LogP contribution in [0.15, 0.2) is 58.9 Å². The van der Waals surface area contributed by atoms with E-state index < -0.39 is 0 Å². The molecule has 2 aliphatic heterocycles. The minimum atomic E-state index is -0.353. The molecule has 1 aromatic rings. The van der Waals surface area contributed by atoms with Crippen molar-refractivity contribution >= 4 is 11.6 Å². The zero-order chi connectivity index (χ0) is 18.2. The van der Waals surface area contributed by atoms with E-state index in [-0.39, 0.29) is 17.5 Å². The first-order valence-electron chi connectivity index (χ1n) is 8.96. The van der Waals surface area contributed by atoms with Gasteiger partial charge in [0.25, 0.3) is 5.91 Å². The minimum absolute atomic E-state index is 0.0291. The van der Waals surface area contributed by atoms with Crippen LogP contribution in [0.5, 0.6) is 0 Å². The fourth-order valence-corrected chi connectivity index (χ4v) is 3.80. The Labute approximate surface area is 150 Å². The summed E-state index contributed by atoms with van der Waals surface area (Å²) in [5.41, 5.74) is 3.82. The lowest BCUT2D eigenvalue weighted by Crippen LogP contribution is -2.52. The Balaban J connectivity index is 1.92. The highest BCUT2D eigenvalue weighted by Crippen LogP contribution is 2.35. The third kappa shape index (κ3) is 3.19. The Morgan fingerprint density at radius 1 is 1.24 bits per heavy atom. The van der Waals surface area contributed by atoms with Crippen LogP contribution < -0.4 is 5.32 Å². The third-order valence-electron chi connectivity index (χ3n) is 5.43. The lowest BCUT2D eigenvalue weighted by Gasteiger charge is -2.39. The van der Waals surface area contributed by atoms with Gasteiger partial charge < -0.3 is 5.32 Å². The molecule has 0 saturated heterocycles. The average Bonchev–Trinajstić information content (AvgIpc) is 2.94. The Kier molecular flexibility index (Phi) is 4.41. The predicted octanol–water partition coefficient (Wildman–Crippen LogP) is 3.87. The molecule has 0 fully saturated rings. The summed E-state index contributed by atoms with van der Waals surface area (Å²) >= 11 is 0. The largest absolute Gasteiger partial charge is 0.343 e. The summed E-state index contributed by atoms with van der Waals surface area (Å²) in [5, 5.41) is 8.06. The molecule has 2 unspecified atom stereocenters. The molecule has 0 bridgehead atoms. The van der Waals surface area contributed by atoms with Crippen molar-refractivity contribution in [1.29, 1.82) is 0 Å². The Hall–Kier alpha value is -2.20. The molecule has 0 saturated carbocycles. The van der Waals surface area contributed by atoms with Gasteiger partial charge in [-0.25, -0.2) is 0 Å². The average molecular weight is 338 g/mol. The van der Waals surface area contributed by atoms with Crippen molar-refractivity contribution < 1.29 is 9.39 Å². The maximum atomic E-state index is 13.0. The quantitative estimate of drug-likeness (QED) is 0.832. The number of rotatable bonds is 4. The highest BCUT2D eigenvalue weighted by atomic mass is 16.2. The van der Waals surface area contributed by atoms with Gasteiger partial charge in [-0.15, -0.1) is 0 Å². The molecule has 0 aromatic heterocycles. The van der Waals surface area contributed by atoms with E-state index in [0.717, 1.165) is 28.8 Å². The first-order chi connectivity index (χ1) is 11.8. The summed E-state index contributed by atoms with van der Waals surface area (Å²) in [6.07, 6.45) is 4.98. The van der Waals surface area contributed by atoms with Gasteiger partial charge in [-0.05, 0) is 46.6 Å². The van der Waals surface area contributed by atoms with Crippen molar-refractivity contribution in [2.24, 2.45) is 5.10 Å². The SMILES string of the molecule is CC1=N[N+](CC2=C(C)CC(C)(c3ccccc3)NC2=O)(C(C)C)C=C1. The van der Waals surface area contributed by atoms with E-state index in [4.69, 9.17) is 5.10 Å². The van der Waals surface area contributed by atoms with Crippen LogP contribution in [0, 0.1) is 0 Å². The first kappa shape index (κ1) is 17.6. The van der Waals surface area contributed by atoms with Gasteiger partial charge in [0.2, 0.25) is 0 Å². The second-order valence-electron chi connectivity index (χ2n) is 7.78. The molecule has 2 heterocycles. The van der Waals surface area contributed by atoms with Gasteiger partial charge >= 0.3 is 0 Å². The summed E-state index contributed by atoms with van der Waals surface area (Å²) < 4.78 is 0.466. The van der Waals surface area contributed by atoms with Crippen molar-refractivity contribution in [3.8, 4) is 0 Å². The molecule has 0 aliphatic carbocycles. The zero-order valence-electron chi connectivity index (χ0n) is 15.8. The zero-order valence-corrected chi connectivity index (χ0v) is 15.8. The molecule has 0 radical (unpaired) electrons. The van der Waals surface area contributed by atoms with E-state index in [0.29, 0.717) is 11.1 Å². The molecule has 3 rings (SSSR count). The summed E-state index contributed by atoms with van der Waals surface area (Å²) in [6.45, 7) is 11.1. The number of benzene rings is 1. The van der Waals surface area contributed by atoms with Gasteiger partial charge in [0.05, 0.1) is 16.8 Å². The van der Waals surface area contributed by atoms with Gasteiger partial charge in [-0.3, -0.25) is 4.79 Å². The summed E-state index contributed by atoms with van der Waals surface area (Å²) in [5.74, 6) is 0.0291. The molecule has 1 amide bonds. The number of allylic oxidation sites excluding steroid dienone is 1. The van der Waals surface area contributed by atoms with E-state index in [2.05, 4.69) is 51.3 Å². The summed E-state index contributed by atoms with van der Waals surface area (Å²) in [6, 6.07) is 10.5. The second kappa shape index (κ2) is 6.26. The van der Waals surface area contributed by atoms with Gasteiger partial charge in [0.15, 0.2) is 0 Å². The fraction of sp³-hybridized carbons (Fsp3) is 0.429. The molecule has 0 spiro atoms. The van der Waals surface area contributed by atoms with E-state index in [1.54, 1.807) is 0 Å². The number of hydrogen-bond donors (Lipinski definition) is 1. The van der Waals surface area contributed by atoms with Crippen LogP contribution in [-0.4, -0.2) is 28.8 Å². The van der Waals surface area contributed by atoms with Crippen LogP contribution in [-0.2, 0) is 10.3 Å². The monoisotopic (exact) mass is 338 g/mol. The van der Waals surface area contributed by atoms with E-state index >= 15 is 0 Å². The number of nitrogens with one attached hydrogen (secondary N) is 1. The van der Waals surface area contributed by atoms with Crippen LogP contribution in [0.2, 0.25) is 0 Å². The Morgan fingerprint density at radius 3 is 2.44 bits per heavy atom. The van der Waals surface area contributed by atoms with Crippen molar-refractivity contribution in [3.05, 3.63) is 59.3 Å². The molecular formula is C21H28N3O+. The predicted molar refractivity (Wildman–Crippen MR) is 102 cm³/mol. The summed E-state index contributed by atoms with van der Waals surface area (Å²) in [7, 11) is 0. The second-order valence-corrected chi connectivity index (χ2v) is 7.78. The van der Waals surface area contributed by atoms with E-state index in [1.807, 2.05) is 31.2 Å². The molecule has 1 aromatic carbocycles. The first-order valence-corrected chi connectivity index (χ1v) is 8.96. The highest BCUT2D eigenvalue weighted by Gasteiger charge is 2.41. The molecule has 1 N–H and O–H groups in total. The van der Waals surface area contributed by atoms with Crippen LogP contribution in [0.4, 0.5) is 0 Å². The Bertz CT molecular complexity index is 776. The number of quaternary nitrogens is 1. The van der Waals surface area contributed by atoms with Crippen LogP contribution >= 0.6 is 0 Å². The third-order valence-corrected chi connectivity index (χ3v) is 5.43. The molecule has 4 heteroatoms. The molecule has 2 aliphatic rings. The van der Waals surface area contributed by atoms with Crippen molar-refractivity contribution in [3.63, 3.8) is 0 Å². The minimum Gasteiger partial charge on any atom is -0.343 e. The van der Waals surface area contributed by atoms with Crippen molar-refractivity contribution in [2.45, 2.75) is 52.6 Å². The standard InChI is InChI=1S/C21H27N3O/c1-15(2)24(12-11-17(4)23-24)14-19-16(3)13-21(5,22-20(19)25)18-9-7-6-8-10-18/h6-12,15H,13-14H2,1-5H3/p+1. The number of carbonyl (C=O) groups is 1. The van der Waals surface area contributed by atoms with Crippen molar-refractivity contribution in [1.82, 2.24) is 5.32 Å². The normalized spacial score (nSPS) is 29.2. The lowest BCUT2D eigenvalue weighted by molar-refractivity contribution is -0.900. The number of amides is 1. The maximum Gasteiger partial charge on any atom is 0.253 e. The number of carbonyl (C=O) groups excluding carboxylic acids is 1. The van der Waals surface area contributed by atoms with Crippen LogP contribution in [0.3, 0.4) is 0 Å². The van der Waals surface area contributed by atoms with Gasteiger partial charge in [-0.1, -0.05) is 41.0 Å². The smallest absolute Gasteiger partial charge is 0.253 e. The molecule has 132 valence electrons. The maximum absolute atomic E-state index is 13.0. The number of hydrogen-bond acceptors (Lipinski definition) is 2. The van der Waals surface area contributed by atoms with E-state index in [1.165, 1.54) is 0 Å². The fourth-order valence-electron chi connectivity index (χ4n) is 3.80. The molecule has 2 atom stereocenters. The van der Waals surface area contributed by atoms with Crippen molar-refractivity contribution in [2.75, 3.05) is 6.54 Å². The number of nitrogens with zero attached hydrogens (tertiary/aromatic N) is 2. The van der Waals surface area contributed by atoms with E-state index in [9.17, 15) is 4.79 Å². The summed E-state index contributed by atoms with van der Waals surface area (Å²) in [4.78, 5) is 13.0. The Morgan fingerprint density at radius 2 is 1.92 bits per heavy atom. The molecule has 25 heavy (non-hydrogen) atoms. The van der Waals surface area contributed by atoms with Gasteiger partial charge in [0, 0.05) is 6.08 Å². The lowest BCUT2D eigenvalue weighted by atomic mass is 9.81. The van der Waals surface area contributed by atoms with Gasteiger partial charge in [-0.2, -0.15) is 4.59 Å². The molecular weight excluding hydrogens is 310 g/mol. The highest BCUT2D eigenvalue weighted by molar-refractivity contribution is 5.96. The topological polar surface area (TPSA) is 41.5 Å². The van der Waals surface area contributed by atoms with Crippen LogP contribution in [0.25, 0.3) is 0 Å². The van der Waals surface area contributed by atoms with Crippen LogP contribution in [0.1, 0.15) is 46.6 Å². The van der Waals surface area contributed by atoms with Gasteiger partial charge in [0.1, 0.15) is 18.8 Å².